The maximum atomic E-state index is 13.1. The van der Waals surface area contributed by atoms with Crippen LogP contribution in [0.2, 0.25) is 0 Å². The summed E-state index contributed by atoms with van der Waals surface area (Å²) < 4.78 is 24.0. The van der Waals surface area contributed by atoms with Crippen molar-refractivity contribution in [1.29, 1.82) is 0 Å². The predicted molar refractivity (Wildman–Crippen MR) is 110 cm³/mol. The number of amides is 1. The summed E-state index contributed by atoms with van der Waals surface area (Å²) in [6.45, 7) is 1.49. The van der Waals surface area contributed by atoms with Gasteiger partial charge < -0.3 is 19.2 Å². The lowest BCUT2D eigenvalue weighted by Crippen LogP contribution is -2.27. The zero-order chi connectivity index (χ0) is 21.1. The molecular formula is C22H21FN4O3. The van der Waals surface area contributed by atoms with Gasteiger partial charge in [-0.25, -0.2) is 9.37 Å². The minimum atomic E-state index is -0.333. The number of nitrogens with one attached hydrogen (secondary N) is 1. The van der Waals surface area contributed by atoms with Crippen LogP contribution in [0.15, 0.2) is 57.7 Å². The third-order valence-electron chi connectivity index (χ3n) is 4.64. The van der Waals surface area contributed by atoms with Gasteiger partial charge in [0, 0.05) is 17.7 Å². The van der Waals surface area contributed by atoms with Crippen molar-refractivity contribution >= 4 is 16.9 Å². The summed E-state index contributed by atoms with van der Waals surface area (Å²) in [5.41, 5.74) is 2.65. The lowest BCUT2D eigenvalue weighted by Gasteiger charge is -2.09. The summed E-state index contributed by atoms with van der Waals surface area (Å²) in [5, 5.41) is 7.67. The van der Waals surface area contributed by atoms with Crippen molar-refractivity contribution in [3.05, 3.63) is 60.1 Å². The highest BCUT2D eigenvalue weighted by atomic mass is 19.1. The second-order valence-electron chi connectivity index (χ2n) is 7.20. The Labute approximate surface area is 172 Å². The average molecular weight is 408 g/mol. The minimum Gasteiger partial charge on any atom is -0.444 e. The third kappa shape index (κ3) is 4.23. The van der Waals surface area contributed by atoms with Crippen LogP contribution >= 0.6 is 0 Å². The Morgan fingerprint density at radius 1 is 1.17 bits per heavy atom. The molecule has 30 heavy (non-hydrogen) atoms. The van der Waals surface area contributed by atoms with E-state index in [2.05, 4.69) is 20.4 Å². The quantitative estimate of drug-likeness (QED) is 0.466. The normalized spacial score (nSPS) is 11.3. The Morgan fingerprint density at radius 3 is 2.73 bits per heavy atom. The van der Waals surface area contributed by atoms with Crippen LogP contribution in [-0.2, 0) is 0 Å². The number of aromatic nitrogens is 2. The summed E-state index contributed by atoms with van der Waals surface area (Å²) in [4.78, 5) is 19.0. The fraction of sp³-hybridized carbons (Fsp3) is 0.227. The van der Waals surface area contributed by atoms with E-state index in [1.54, 1.807) is 30.3 Å². The van der Waals surface area contributed by atoms with Gasteiger partial charge in [-0.2, -0.15) is 0 Å². The zero-order valence-electron chi connectivity index (χ0n) is 16.7. The summed E-state index contributed by atoms with van der Waals surface area (Å²) in [5.74, 6) is -0.147. The average Bonchev–Trinajstić information content (AvgIpc) is 3.38. The van der Waals surface area contributed by atoms with Gasteiger partial charge in [0.05, 0.1) is 5.39 Å². The van der Waals surface area contributed by atoms with E-state index in [0.29, 0.717) is 45.9 Å². The fourth-order valence-electron chi connectivity index (χ4n) is 3.07. The Hall–Kier alpha value is -3.52. The van der Waals surface area contributed by atoms with Crippen molar-refractivity contribution in [2.75, 3.05) is 27.2 Å². The van der Waals surface area contributed by atoms with E-state index in [-0.39, 0.29) is 11.7 Å². The largest absolute Gasteiger partial charge is 0.444 e. The van der Waals surface area contributed by atoms with Crippen LogP contribution in [0, 0.1) is 5.82 Å². The highest BCUT2D eigenvalue weighted by Gasteiger charge is 2.17. The highest BCUT2D eigenvalue weighted by molar-refractivity contribution is 6.00. The molecule has 0 aliphatic carbocycles. The van der Waals surface area contributed by atoms with Crippen LogP contribution < -0.4 is 5.32 Å². The van der Waals surface area contributed by atoms with Gasteiger partial charge in [0.25, 0.3) is 5.91 Å². The number of carbonyl (C=O) groups excluding carboxylic acids is 1. The van der Waals surface area contributed by atoms with E-state index in [0.717, 1.165) is 13.0 Å². The first kappa shape index (κ1) is 19.8. The smallest absolute Gasteiger partial charge is 0.251 e. The number of nitrogens with zero attached hydrogens (tertiary/aromatic N) is 3. The van der Waals surface area contributed by atoms with Gasteiger partial charge in [-0.1, -0.05) is 5.16 Å². The molecule has 1 N–H and O–H groups in total. The standard InChI is InChI=1S/C22H21FN4O3/c1-27(2)11-3-10-24-21(28)15-6-9-19-17(12-15)20(26-30-19)18-13-29-22(25-18)14-4-7-16(23)8-5-14/h4-9,12-13H,3,10-11H2,1-2H3,(H,24,28). The fourth-order valence-corrected chi connectivity index (χ4v) is 3.07. The third-order valence-corrected chi connectivity index (χ3v) is 4.64. The van der Waals surface area contributed by atoms with Gasteiger partial charge in [-0.15, -0.1) is 0 Å². The highest BCUT2D eigenvalue weighted by Crippen LogP contribution is 2.30. The lowest BCUT2D eigenvalue weighted by atomic mass is 10.1. The van der Waals surface area contributed by atoms with Crippen LogP contribution in [0.5, 0.6) is 0 Å². The molecule has 0 aliphatic heterocycles. The molecule has 154 valence electrons. The first-order valence-electron chi connectivity index (χ1n) is 9.55. The molecule has 4 rings (SSSR count). The molecule has 0 bridgehead atoms. The molecule has 7 nitrogen and oxygen atoms in total. The topological polar surface area (TPSA) is 84.4 Å². The predicted octanol–water partition coefficient (Wildman–Crippen LogP) is 3.97. The van der Waals surface area contributed by atoms with Crippen LogP contribution in [0.4, 0.5) is 4.39 Å². The van der Waals surface area contributed by atoms with Crippen LogP contribution in [0.25, 0.3) is 33.8 Å². The summed E-state index contributed by atoms with van der Waals surface area (Å²) in [6, 6.07) is 11.0. The van der Waals surface area contributed by atoms with Crippen molar-refractivity contribution in [1.82, 2.24) is 20.4 Å². The van der Waals surface area contributed by atoms with E-state index >= 15 is 0 Å². The summed E-state index contributed by atoms with van der Waals surface area (Å²) in [6.07, 6.45) is 2.33. The van der Waals surface area contributed by atoms with E-state index < -0.39 is 0 Å². The Morgan fingerprint density at radius 2 is 1.97 bits per heavy atom. The molecule has 0 aliphatic rings. The monoisotopic (exact) mass is 408 g/mol. The molecule has 2 aromatic heterocycles. The zero-order valence-corrected chi connectivity index (χ0v) is 16.7. The molecule has 0 atom stereocenters. The molecule has 0 unspecified atom stereocenters. The van der Waals surface area contributed by atoms with Gasteiger partial charge >= 0.3 is 0 Å². The van der Waals surface area contributed by atoms with Crippen molar-refractivity contribution in [2.45, 2.75) is 6.42 Å². The second kappa shape index (κ2) is 8.46. The number of hydrogen-bond donors (Lipinski definition) is 1. The maximum Gasteiger partial charge on any atom is 0.251 e. The van der Waals surface area contributed by atoms with Gasteiger partial charge in [-0.3, -0.25) is 4.79 Å². The number of hydrogen-bond acceptors (Lipinski definition) is 6. The van der Waals surface area contributed by atoms with Gasteiger partial charge in [0.1, 0.15) is 23.5 Å². The molecular weight excluding hydrogens is 387 g/mol. The van der Waals surface area contributed by atoms with Crippen molar-refractivity contribution in [3.63, 3.8) is 0 Å². The van der Waals surface area contributed by atoms with Crippen LogP contribution in [-0.4, -0.2) is 48.1 Å². The number of benzene rings is 2. The summed E-state index contributed by atoms with van der Waals surface area (Å²) in [7, 11) is 3.99. The Balaban J connectivity index is 1.56. The Bertz CT molecular complexity index is 1160. The number of carbonyl (C=O) groups is 1. The molecule has 0 saturated heterocycles. The number of rotatable bonds is 7. The van der Waals surface area contributed by atoms with Gasteiger partial charge in [0.2, 0.25) is 5.89 Å². The molecule has 0 fully saturated rings. The van der Waals surface area contributed by atoms with Crippen LogP contribution in [0.1, 0.15) is 16.8 Å². The number of oxazole rings is 1. The molecule has 1 amide bonds. The first-order chi connectivity index (χ1) is 14.5. The number of halogens is 1. The Kier molecular flexibility index (Phi) is 5.58. The van der Waals surface area contributed by atoms with E-state index in [1.807, 2.05) is 14.1 Å². The van der Waals surface area contributed by atoms with E-state index in [4.69, 9.17) is 8.94 Å². The molecule has 0 saturated carbocycles. The molecule has 8 heteroatoms. The molecule has 2 heterocycles. The van der Waals surface area contributed by atoms with E-state index in [1.165, 1.54) is 18.4 Å². The van der Waals surface area contributed by atoms with E-state index in [9.17, 15) is 9.18 Å². The van der Waals surface area contributed by atoms with Gasteiger partial charge in [0.15, 0.2) is 5.58 Å². The molecule has 0 radical (unpaired) electrons. The molecule has 0 spiro atoms. The van der Waals surface area contributed by atoms with Gasteiger partial charge in [-0.05, 0) is 69.5 Å². The molecule has 2 aromatic carbocycles. The first-order valence-corrected chi connectivity index (χ1v) is 9.55. The van der Waals surface area contributed by atoms with Crippen molar-refractivity contribution in [2.24, 2.45) is 0 Å². The van der Waals surface area contributed by atoms with Crippen molar-refractivity contribution < 1.29 is 18.1 Å². The maximum absolute atomic E-state index is 13.1. The SMILES string of the molecule is CN(C)CCCNC(=O)c1ccc2onc(-c3coc(-c4ccc(F)cc4)n3)c2c1. The second-order valence-corrected chi connectivity index (χ2v) is 7.20. The van der Waals surface area contributed by atoms with Crippen molar-refractivity contribution in [3.8, 4) is 22.8 Å². The minimum absolute atomic E-state index is 0.157. The number of fused-ring (bicyclic) bond motifs is 1. The molecule has 4 aromatic rings. The van der Waals surface area contributed by atoms with Crippen LogP contribution in [0.3, 0.4) is 0 Å². The lowest BCUT2D eigenvalue weighted by molar-refractivity contribution is 0.0952. The summed E-state index contributed by atoms with van der Waals surface area (Å²) >= 11 is 0.